The van der Waals surface area contributed by atoms with Crippen molar-refractivity contribution in [2.24, 2.45) is 0 Å². The summed E-state index contributed by atoms with van der Waals surface area (Å²) < 4.78 is 13.2. The van der Waals surface area contributed by atoms with Crippen LogP contribution in [0.25, 0.3) is 0 Å². The predicted molar refractivity (Wildman–Crippen MR) is 82.6 cm³/mol. The molecule has 0 radical (unpaired) electrons. The van der Waals surface area contributed by atoms with Gasteiger partial charge in [-0.3, -0.25) is 4.90 Å². The lowest BCUT2D eigenvalue weighted by Gasteiger charge is -2.25. The molecule has 2 rings (SSSR count). The Balaban J connectivity index is 1.95. The van der Waals surface area contributed by atoms with Gasteiger partial charge in [0.15, 0.2) is 0 Å². The average molecular weight is 299 g/mol. The van der Waals surface area contributed by atoms with E-state index in [1.54, 1.807) is 6.07 Å². The van der Waals surface area contributed by atoms with Crippen molar-refractivity contribution in [3.8, 4) is 0 Å². The second-order valence-electron chi connectivity index (χ2n) is 5.63. The maximum atomic E-state index is 13.2. The van der Waals surface area contributed by atoms with E-state index < -0.39 is 0 Å². The zero-order valence-electron chi connectivity index (χ0n) is 12.2. The van der Waals surface area contributed by atoms with Crippen LogP contribution in [0.2, 0.25) is 5.02 Å². The molecule has 1 N–H and O–H groups in total. The molecule has 0 amide bonds. The van der Waals surface area contributed by atoms with Gasteiger partial charge in [-0.1, -0.05) is 31.0 Å². The van der Waals surface area contributed by atoms with Crippen LogP contribution in [0, 0.1) is 5.82 Å². The van der Waals surface area contributed by atoms with Crippen LogP contribution in [0.5, 0.6) is 0 Å². The largest absolute Gasteiger partial charge is 0.313 e. The maximum Gasteiger partial charge on any atom is 0.141 e. The molecule has 4 heteroatoms. The van der Waals surface area contributed by atoms with E-state index in [9.17, 15) is 4.39 Å². The standard InChI is InChI=1S/C16H24ClFN2/c1-2-3-9-20(12-14-5-4-8-19-14)11-13-6-7-16(18)15(17)10-13/h6-7,10,14,19H,2-5,8-9,11-12H2,1H3. The lowest BCUT2D eigenvalue weighted by Crippen LogP contribution is -2.37. The van der Waals surface area contributed by atoms with Gasteiger partial charge in [0.25, 0.3) is 0 Å². The highest BCUT2D eigenvalue weighted by atomic mass is 35.5. The van der Waals surface area contributed by atoms with Crippen molar-refractivity contribution in [1.82, 2.24) is 10.2 Å². The Morgan fingerprint density at radius 2 is 2.30 bits per heavy atom. The highest BCUT2D eigenvalue weighted by Gasteiger charge is 2.18. The molecule has 1 saturated heterocycles. The molecule has 0 spiro atoms. The first kappa shape index (κ1) is 15.7. The highest BCUT2D eigenvalue weighted by Crippen LogP contribution is 2.18. The Kier molecular flexibility index (Phi) is 6.27. The number of nitrogens with zero attached hydrogens (tertiary/aromatic N) is 1. The summed E-state index contributed by atoms with van der Waals surface area (Å²) in [6.07, 6.45) is 4.92. The van der Waals surface area contributed by atoms with Crippen LogP contribution in [-0.4, -0.2) is 30.6 Å². The number of nitrogens with one attached hydrogen (secondary N) is 1. The van der Waals surface area contributed by atoms with Crippen LogP contribution in [0.4, 0.5) is 4.39 Å². The lowest BCUT2D eigenvalue weighted by molar-refractivity contribution is 0.237. The molecule has 1 aliphatic heterocycles. The molecular formula is C16H24ClFN2. The minimum Gasteiger partial charge on any atom is -0.313 e. The fourth-order valence-electron chi connectivity index (χ4n) is 2.74. The number of hydrogen-bond donors (Lipinski definition) is 1. The number of benzene rings is 1. The molecule has 1 atom stereocenters. The van der Waals surface area contributed by atoms with Crippen LogP contribution < -0.4 is 5.32 Å². The van der Waals surface area contributed by atoms with E-state index in [0.29, 0.717) is 6.04 Å². The van der Waals surface area contributed by atoms with Gasteiger partial charge in [-0.25, -0.2) is 4.39 Å². The minimum atomic E-state index is -0.340. The third-order valence-corrected chi connectivity index (χ3v) is 4.15. The Morgan fingerprint density at radius 3 is 2.95 bits per heavy atom. The van der Waals surface area contributed by atoms with Crippen LogP contribution in [-0.2, 0) is 6.54 Å². The van der Waals surface area contributed by atoms with E-state index in [0.717, 1.165) is 31.7 Å². The second kappa shape index (κ2) is 7.96. The first-order chi connectivity index (χ1) is 9.69. The molecular weight excluding hydrogens is 275 g/mol. The summed E-state index contributed by atoms with van der Waals surface area (Å²) in [7, 11) is 0. The molecule has 1 unspecified atom stereocenters. The highest BCUT2D eigenvalue weighted by molar-refractivity contribution is 6.30. The van der Waals surface area contributed by atoms with Gasteiger partial charge in [0.05, 0.1) is 5.02 Å². The van der Waals surface area contributed by atoms with Gasteiger partial charge in [0, 0.05) is 19.1 Å². The van der Waals surface area contributed by atoms with E-state index in [4.69, 9.17) is 11.6 Å². The van der Waals surface area contributed by atoms with Gasteiger partial charge in [0.2, 0.25) is 0 Å². The molecule has 0 bridgehead atoms. The van der Waals surface area contributed by atoms with Gasteiger partial charge in [0.1, 0.15) is 5.82 Å². The SMILES string of the molecule is CCCCN(Cc1ccc(F)c(Cl)c1)CC1CCCN1. The summed E-state index contributed by atoms with van der Waals surface area (Å²) in [5.74, 6) is -0.340. The van der Waals surface area contributed by atoms with Gasteiger partial charge in [-0.2, -0.15) is 0 Å². The van der Waals surface area contributed by atoms with Crippen LogP contribution in [0.3, 0.4) is 0 Å². The fraction of sp³-hybridized carbons (Fsp3) is 0.625. The molecule has 2 nitrogen and oxygen atoms in total. The van der Waals surface area contributed by atoms with E-state index in [1.807, 2.05) is 6.07 Å². The second-order valence-corrected chi connectivity index (χ2v) is 6.04. The first-order valence-electron chi connectivity index (χ1n) is 7.58. The average Bonchev–Trinajstić information content (AvgIpc) is 2.93. The van der Waals surface area contributed by atoms with Crippen molar-refractivity contribution in [2.45, 2.75) is 45.2 Å². The summed E-state index contributed by atoms with van der Waals surface area (Å²) >= 11 is 5.87. The monoisotopic (exact) mass is 298 g/mol. The Morgan fingerprint density at radius 1 is 1.45 bits per heavy atom. The van der Waals surface area contributed by atoms with Crippen molar-refractivity contribution in [2.75, 3.05) is 19.6 Å². The van der Waals surface area contributed by atoms with Crippen LogP contribution in [0.1, 0.15) is 38.2 Å². The Hall–Kier alpha value is -0.640. The van der Waals surface area contributed by atoms with Crippen molar-refractivity contribution >= 4 is 11.6 Å². The molecule has 0 saturated carbocycles. The van der Waals surface area contributed by atoms with Crippen molar-refractivity contribution in [3.63, 3.8) is 0 Å². The summed E-state index contributed by atoms with van der Waals surface area (Å²) in [6.45, 7) is 6.34. The molecule has 0 aliphatic carbocycles. The molecule has 1 aromatic carbocycles. The number of rotatable bonds is 7. The van der Waals surface area contributed by atoms with Gasteiger partial charge in [-0.15, -0.1) is 0 Å². The Bertz CT molecular complexity index is 419. The molecule has 1 fully saturated rings. The summed E-state index contributed by atoms with van der Waals surface area (Å²) in [6, 6.07) is 5.65. The lowest BCUT2D eigenvalue weighted by atomic mass is 10.1. The molecule has 20 heavy (non-hydrogen) atoms. The Labute approximate surface area is 126 Å². The van der Waals surface area contributed by atoms with Crippen molar-refractivity contribution < 1.29 is 4.39 Å². The van der Waals surface area contributed by atoms with Crippen LogP contribution in [0.15, 0.2) is 18.2 Å². The minimum absolute atomic E-state index is 0.219. The third-order valence-electron chi connectivity index (χ3n) is 3.86. The fourth-order valence-corrected chi connectivity index (χ4v) is 2.94. The predicted octanol–water partition coefficient (Wildman–Crippen LogP) is 3.83. The van der Waals surface area contributed by atoms with Crippen LogP contribution >= 0.6 is 11.6 Å². The summed E-state index contributed by atoms with van der Waals surface area (Å²) in [5.41, 5.74) is 1.09. The molecule has 1 aromatic rings. The van der Waals surface area contributed by atoms with E-state index in [2.05, 4.69) is 17.1 Å². The van der Waals surface area contributed by atoms with E-state index in [-0.39, 0.29) is 10.8 Å². The molecule has 1 aliphatic rings. The normalized spacial score (nSPS) is 18.9. The summed E-state index contributed by atoms with van der Waals surface area (Å²) in [5, 5.41) is 3.76. The van der Waals surface area contributed by atoms with Gasteiger partial charge < -0.3 is 5.32 Å². The number of unbranched alkanes of at least 4 members (excludes halogenated alkanes) is 1. The third kappa shape index (κ3) is 4.72. The smallest absolute Gasteiger partial charge is 0.141 e. The molecule has 112 valence electrons. The molecule has 0 aromatic heterocycles. The quantitative estimate of drug-likeness (QED) is 0.823. The van der Waals surface area contributed by atoms with E-state index >= 15 is 0 Å². The zero-order valence-corrected chi connectivity index (χ0v) is 12.9. The van der Waals surface area contributed by atoms with E-state index in [1.165, 1.54) is 31.7 Å². The number of halogens is 2. The topological polar surface area (TPSA) is 15.3 Å². The van der Waals surface area contributed by atoms with Gasteiger partial charge >= 0.3 is 0 Å². The van der Waals surface area contributed by atoms with Crippen molar-refractivity contribution in [1.29, 1.82) is 0 Å². The maximum absolute atomic E-state index is 13.2. The number of hydrogen-bond acceptors (Lipinski definition) is 2. The van der Waals surface area contributed by atoms with Gasteiger partial charge in [-0.05, 0) is 50.0 Å². The molecule has 1 heterocycles. The summed E-state index contributed by atoms with van der Waals surface area (Å²) in [4.78, 5) is 2.45. The first-order valence-corrected chi connectivity index (χ1v) is 7.96. The van der Waals surface area contributed by atoms with Crippen molar-refractivity contribution in [3.05, 3.63) is 34.6 Å². The zero-order chi connectivity index (χ0) is 14.4.